The Labute approximate surface area is 148 Å². The molecular formula is C15H15ClFNO6S. The van der Waals surface area contributed by atoms with Gasteiger partial charge in [-0.3, -0.25) is 14.3 Å². The predicted octanol–water partition coefficient (Wildman–Crippen LogP) is 1.97. The Morgan fingerprint density at radius 1 is 1.44 bits per heavy atom. The summed E-state index contributed by atoms with van der Waals surface area (Å²) >= 11 is 5.74. The number of ether oxygens (including phenoxy) is 2. The van der Waals surface area contributed by atoms with Crippen molar-refractivity contribution in [1.82, 2.24) is 4.72 Å². The summed E-state index contributed by atoms with van der Waals surface area (Å²) in [5, 5.41) is -0.244. The van der Waals surface area contributed by atoms with E-state index in [-0.39, 0.29) is 16.3 Å². The number of halogens is 2. The summed E-state index contributed by atoms with van der Waals surface area (Å²) in [4.78, 5) is 24.0. The van der Waals surface area contributed by atoms with Crippen molar-refractivity contribution in [3.63, 3.8) is 0 Å². The molecule has 0 bridgehead atoms. The molecule has 1 N–H and O–H groups in total. The Hall–Kier alpha value is -2.13. The van der Waals surface area contributed by atoms with Crippen molar-refractivity contribution in [3.8, 4) is 0 Å². The van der Waals surface area contributed by atoms with Crippen LogP contribution in [0.3, 0.4) is 0 Å². The van der Waals surface area contributed by atoms with Crippen molar-refractivity contribution >= 4 is 33.4 Å². The van der Waals surface area contributed by atoms with Crippen LogP contribution in [0.2, 0.25) is 5.02 Å². The molecule has 1 aromatic rings. The Bertz CT molecular complexity index is 882. The predicted molar refractivity (Wildman–Crippen MR) is 86.2 cm³/mol. The maximum atomic E-state index is 14.4. The molecular weight excluding hydrogens is 377 g/mol. The van der Waals surface area contributed by atoms with Crippen LogP contribution >= 0.6 is 11.6 Å². The van der Waals surface area contributed by atoms with Gasteiger partial charge in [0, 0.05) is 12.5 Å². The van der Waals surface area contributed by atoms with Gasteiger partial charge in [0.15, 0.2) is 0 Å². The van der Waals surface area contributed by atoms with Crippen molar-refractivity contribution in [1.29, 1.82) is 0 Å². The Morgan fingerprint density at radius 2 is 2.08 bits per heavy atom. The van der Waals surface area contributed by atoms with E-state index in [0.717, 1.165) is 6.92 Å². The number of rotatable bonds is 5. The highest BCUT2D eigenvalue weighted by molar-refractivity contribution is 7.89. The highest BCUT2D eigenvalue weighted by Crippen LogP contribution is 2.40. The number of benzene rings is 1. The molecule has 1 aromatic carbocycles. The number of esters is 1. The molecule has 1 heterocycles. The summed E-state index contributed by atoms with van der Waals surface area (Å²) in [6.45, 7) is 3.61. The number of sulfonamides is 1. The fourth-order valence-electron chi connectivity index (χ4n) is 2.18. The molecule has 0 aromatic heterocycles. The third-order valence-corrected chi connectivity index (χ3v) is 5.04. The Balaban J connectivity index is 2.55. The quantitative estimate of drug-likeness (QED) is 0.770. The van der Waals surface area contributed by atoms with E-state index >= 15 is 0 Å². The normalized spacial score (nSPS) is 20.4. The molecule has 0 aliphatic carbocycles. The van der Waals surface area contributed by atoms with Gasteiger partial charge in [0.25, 0.3) is 5.78 Å². The van der Waals surface area contributed by atoms with Crippen LogP contribution in [-0.4, -0.2) is 25.9 Å². The summed E-state index contributed by atoms with van der Waals surface area (Å²) in [5.41, 5.74) is -2.17. The van der Waals surface area contributed by atoms with E-state index in [1.54, 1.807) is 0 Å². The lowest BCUT2D eigenvalue weighted by atomic mass is 9.91. The average Bonchev–Trinajstić information content (AvgIpc) is 2.74. The van der Waals surface area contributed by atoms with E-state index in [1.807, 2.05) is 4.72 Å². The lowest BCUT2D eigenvalue weighted by Crippen LogP contribution is -2.33. The third kappa shape index (κ3) is 3.62. The molecule has 0 saturated carbocycles. The van der Waals surface area contributed by atoms with Gasteiger partial charge < -0.3 is 9.47 Å². The van der Waals surface area contributed by atoms with Crippen molar-refractivity contribution in [2.24, 2.45) is 0 Å². The minimum atomic E-state index is -3.84. The molecule has 7 nitrogen and oxygen atoms in total. The number of hydrogen-bond donors (Lipinski definition) is 1. The maximum absolute atomic E-state index is 14.4. The van der Waals surface area contributed by atoms with Crippen LogP contribution in [0.25, 0.3) is 0 Å². The van der Waals surface area contributed by atoms with E-state index in [4.69, 9.17) is 21.1 Å². The number of carbonyl (C=O) groups excluding carboxylic acids is 2. The molecule has 2 rings (SSSR count). The Morgan fingerprint density at radius 3 is 2.64 bits per heavy atom. The van der Waals surface area contributed by atoms with Gasteiger partial charge in [-0.2, -0.15) is 0 Å². The van der Waals surface area contributed by atoms with E-state index < -0.39 is 44.8 Å². The van der Waals surface area contributed by atoms with Crippen LogP contribution in [-0.2, 0) is 34.7 Å². The van der Waals surface area contributed by atoms with Gasteiger partial charge in [-0.25, -0.2) is 12.8 Å². The van der Waals surface area contributed by atoms with Gasteiger partial charge in [0.05, 0.1) is 10.8 Å². The van der Waals surface area contributed by atoms with Gasteiger partial charge in [-0.1, -0.05) is 23.7 Å². The van der Waals surface area contributed by atoms with E-state index in [1.165, 1.54) is 32.0 Å². The molecule has 1 atom stereocenters. The molecule has 0 radical (unpaired) electrons. The molecule has 1 unspecified atom stereocenters. The summed E-state index contributed by atoms with van der Waals surface area (Å²) in [6, 6.07) is 3.95. The first-order valence-corrected chi connectivity index (χ1v) is 9.16. The number of carbonyl (C=O) groups is 2. The van der Waals surface area contributed by atoms with Gasteiger partial charge >= 0.3 is 5.97 Å². The molecule has 1 aliphatic rings. The van der Waals surface area contributed by atoms with E-state index in [0.29, 0.717) is 0 Å². The van der Waals surface area contributed by atoms with Gasteiger partial charge in [-0.15, -0.1) is 0 Å². The summed E-state index contributed by atoms with van der Waals surface area (Å²) in [6.07, 6.45) is 0. The molecule has 0 amide bonds. The second kappa shape index (κ2) is 6.64. The van der Waals surface area contributed by atoms with Crippen molar-refractivity contribution in [2.45, 2.75) is 26.4 Å². The van der Waals surface area contributed by atoms with Crippen molar-refractivity contribution in [2.75, 3.05) is 5.75 Å². The van der Waals surface area contributed by atoms with Crippen LogP contribution < -0.4 is 4.72 Å². The van der Waals surface area contributed by atoms with Crippen molar-refractivity contribution in [3.05, 3.63) is 46.2 Å². The first kappa shape index (κ1) is 19.2. The first-order valence-electron chi connectivity index (χ1n) is 7.13. The third-order valence-electron chi connectivity index (χ3n) is 3.49. The highest BCUT2D eigenvalue weighted by Gasteiger charge is 2.51. The Kier molecular flexibility index (Phi) is 5.10. The van der Waals surface area contributed by atoms with E-state index in [2.05, 4.69) is 0 Å². The second-order valence-electron chi connectivity index (χ2n) is 5.32. The lowest BCUT2D eigenvalue weighted by molar-refractivity contribution is -0.142. The van der Waals surface area contributed by atoms with Crippen molar-refractivity contribution < 1.29 is 31.9 Å². The number of nitrogens with one attached hydrogen (secondary N) is 1. The van der Waals surface area contributed by atoms with Crippen LogP contribution in [0.4, 0.5) is 4.39 Å². The zero-order valence-corrected chi connectivity index (χ0v) is 15.1. The summed E-state index contributed by atoms with van der Waals surface area (Å²) < 4.78 is 50.2. The van der Waals surface area contributed by atoms with Crippen LogP contribution in [0.15, 0.2) is 29.8 Å². The van der Waals surface area contributed by atoms with Gasteiger partial charge in [0.1, 0.15) is 5.82 Å². The van der Waals surface area contributed by atoms with Gasteiger partial charge in [-0.05, 0) is 19.9 Å². The monoisotopic (exact) mass is 391 g/mol. The maximum Gasteiger partial charge on any atom is 0.308 e. The number of ketones is 1. The van der Waals surface area contributed by atoms with Crippen LogP contribution in [0.5, 0.6) is 0 Å². The summed E-state index contributed by atoms with van der Waals surface area (Å²) in [5.74, 6) is -4.23. The average molecular weight is 392 g/mol. The zero-order valence-electron chi connectivity index (χ0n) is 13.6. The first-order chi connectivity index (χ1) is 11.5. The van der Waals surface area contributed by atoms with Crippen LogP contribution in [0.1, 0.15) is 26.3 Å². The standard InChI is InChI=1S/C15H15ClFNO6S/c1-4-25(21,22)18-14-12(23-8(2)19)13(20)15(3,24-14)9-6-5-7-10(16)11(9)17/h5-7,18H,4H2,1-3H3. The zero-order chi connectivity index (χ0) is 19.0. The van der Waals surface area contributed by atoms with Gasteiger partial charge in [0.2, 0.25) is 27.3 Å². The van der Waals surface area contributed by atoms with E-state index in [9.17, 15) is 22.4 Å². The molecule has 0 spiro atoms. The number of Topliss-reactive ketones (excluding diaryl/α,β-unsaturated/α-hetero) is 1. The fourth-order valence-corrected chi connectivity index (χ4v) is 2.92. The summed E-state index contributed by atoms with van der Waals surface area (Å²) in [7, 11) is -3.84. The number of hydrogen-bond acceptors (Lipinski definition) is 6. The molecule has 1 aliphatic heterocycles. The minimum Gasteiger partial charge on any atom is -0.456 e. The topological polar surface area (TPSA) is 98.8 Å². The molecule has 136 valence electrons. The molecule has 0 saturated heterocycles. The largest absolute Gasteiger partial charge is 0.456 e. The fraction of sp³-hybridized carbons (Fsp3) is 0.333. The SMILES string of the molecule is CCS(=O)(=O)NC1=C(OC(C)=O)C(=O)C(C)(c2cccc(Cl)c2F)O1. The highest BCUT2D eigenvalue weighted by atomic mass is 35.5. The minimum absolute atomic E-state index is 0.222. The second-order valence-corrected chi connectivity index (χ2v) is 7.74. The molecule has 10 heteroatoms. The smallest absolute Gasteiger partial charge is 0.308 e. The lowest BCUT2D eigenvalue weighted by Gasteiger charge is -2.24. The molecule has 25 heavy (non-hydrogen) atoms. The molecule has 0 fully saturated rings. The van der Waals surface area contributed by atoms with Crippen LogP contribution in [0, 0.1) is 5.82 Å².